The molecule has 0 atom stereocenters. The molecule has 0 amide bonds. The highest BCUT2D eigenvalue weighted by molar-refractivity contribution is 6.61. The van der Waals surface area contributed by atoms with Crippen LogP contribution in [-0.2, 0) is 22.2 Å². The van der Waals surface area contributed by atoms with Crippen molar-refractivity contribution < 1.29 is 9.31 Å². The van der Waals surface area contributed by atoms with Crippen molar-refractivity contribution in [2.45, 2.75) is 58.2 Å². The van der Waals surface area contributed by atoms with Crippen LogP contribution in [0.4, 0.5) is 0 Å². The molecule has 2 aliphatic rings. The summed E-state index contributed by atoms with van der Waals surface area (Å²) in [7, 11) is -0.332. The third kappa shape index (κ3) is 1.79. The molecule has 4 heteroatoms. The quantitative estimate of drug-likeness (QED) is 0.708. The van der Waals surface area contributed by atoms with Gasteiger partial charge in [-0.3, -0.25) is 4.98 Å². The van der Waals surface area contributed by atoms with Gasteiger partial charge in [0.25, 0.3) is 0 Å². The van der Waals surface area contributed by atoms with Gasteiger partial charge in [0.05, 0.1) is 16.8 Å². The first-order valence-corrected chi connectivity index (χ1v) is 6.73. The molecule has 0 bridgehead atoms. The van der Waals surface area contributed by atoms with Crippen molar-refractivity contribution >= 4 is 12.7 Å². The Labute approximate surface area is 109 Å². The average molecular weight is 245 g/mol. The van der Waals surface area contributed by atoms with Gasteiger partial charge in [0.2, 0.25) is 0 Å². The first kappa shape index (κ1) is 12.2. The molecule has 3 rings (SSSR count). The highest BCUT2D eigenvalue weighted by Gasteiger charge is 2.52. The molecule has 1 aromatic rings. The first-order chi connectivity index (χ1) is 8.39. The van der Waals surface area contributed by atoms with E-state index in [1.165, 1.54) is 17.7 Å². The number of aryl methyl sites for hydroxylation is 2. The third-order valence-electron chi connectivity index (χ3n) is 4.44. The predicted octanol–water partition coefficient (Wildman–Crippen LogP) is 1.87. The number of rotatable bonds is 1. The molecule has 0 unspecified atom stereocenters. The molecule has 0 spiro atoms. The molecule has 0 radical (unpaired) electrons. The summed E-state index contributed by atoms with van der Waals surface area (Å²) < 4.78 is 12.1. The molecule has 96 valence electrons. The molecule has 1 saturated heterocycles. The number of hydrogen-bond donors (Lipinski definition) is 0. The molecule has 0 aromatic carbocycles. The molecule has 0 N–H and O–H groups in total. The van der Waals surface area contributed by atoms with E-state index in [4.69, 9.17) is 14.3 Å². The van der Waals surface area contributed by atoms with Gasteiger partial charge < -0.3 is 9.31 Å². The molecular weight excluding hydrogens is 225 g/mol. The minimum atomic E-state index is -0.332. The normalized spacial score (nSPS) is 24.3. The van der Waals surface area contributed by atoms with E-state index >= 15 is 0 Å². The van der Waals surface area contributed by atoms with E-state index in [2.05, 4.69) is 33.8 Å². The SMILES string of the molecule is CC1(C)OB(c2ccc3c(n2)CCC3)OC1(C)C. The van der Waals surface area contributed by atoms with E-state index in [9.17, 15) is 0 Å². The Bertz CT molecular complexity index is 469. The third-order valence-corrected chi connectivity index (χ3v) is 4.44. The number of nitrogens with zero attached hydrogens (tertiary/aromatic N) is 1. The highest BCUT2D eigenvalue weighted by atomic mass is 16.7. The first-order valence-electron chi connectivity index (χ1n) is 6.73. The van der Waals surface area contributed by atoms with Crippen LogP contribution in [0.25, 0.3) is 0 Å². The van der Waals surface area contributed by atoms with Crippen LogP contribution in [0.2, 0.25) is 0 Å². The van der Waals surface area contributed by atoms with Crippen LogP contribution in [0.1, 0.15) is 45.4 Å². The van der Waals surface area contributed by atoms with Gasteiger partial charge in [-0.2, -0.15) is 0 Å². The summed E-state index contributed by atoms with van der Waals surface area (Å²) in [5.41, 5.74) is 2.93. The van der Waals surface area contributed by atoms with Crippen molar-refractivity contribution in [3.63, 3.8) is 0 Å². The van der Waals surface area contributed by atoms with Gasteiger partial charge in [0, 0.05) is 5.69 Å². The lowest BCUT2D eigenvalue weighted by atomic mass is 9.84. The van der Waals surface area contributed by atoms with E-state index in [1.807, 2.05) is 6.07 Å². The minimum Gasteiger partial charge on any atom is -0.398 e. The maximum atomic E-state index is 6.03. The number of pyridine rings is 1. The predicted molar refractivity (Wildman–Crippen MR) is 72.0 cm³/mol. The Hall–Kier alpha value is -0.865. The Morgan fingerprint density at radius 2 is 1.72 bits per heavy atom. The lowest BCUT2D eigenvalue weighted by Crippen LogP contribution is -2.41. The average Bonchev–Trinajstić information content (AvgIpc) is 2.80. The Kier molecular flexibility index (Phi) is 2.58. The highest BCUT2D eigenvalue weighted by Crippen LogP contribution is 2.36. The summed E-state index contributed by atoms with van der Waals surface area (Å²) in [4.78, 5) is 4.72. The minimum absolute atomic E-state index is 0.293. The fraction of sp³-hybridized carbons (Fsp3) is 0.643. The van der Waals surface area contributed by atoms with Gasteiger partial charge in [-0.05, 0) is 58.6 Å². The van der Waals surface area contributed by atoms with Gasteiger partial charge in [0.1, 0.15) is 0 Å². The maximum Gasteiger partial charge on any atom is 0.514 e. The monoisotopic (exact) mass is 245 g/mol. The fourth-order valence-corrected chi connectivity index (χ4v) is 2.53. The zero-order valence-electron chi connectivity index (χ0n) is 11.6. The van der Waals surface area contributed by atoms with Gasteiger partial charge in [-0.25, -0.2) is 0 Å². The largest absolute Gasteiger partial charge is 0.514 e. The van der Waals surface area contributed by atoms with Crippen molar-refractivity contribution in [3.05, 3.63) is 23.4 Å². The molecule has 1 aliphatic heterocycles. The molecular formula is C14H20BNO2. The number of fused-ring (bicyclic) bond motifs is 1. The Morgan fingerprint density at radius 1 is 1.06 bits per heavy atom. The fourth-order valence-electron chi connectivity index (χ4n) is 2.53. The molecule has 18 heavy (non-hydrogen) atoms. The molecule has 0 saturated carbocycles. The van der Waals surface area contributed by atoms with Crippen LogP contribution in [0, 0.1) is 0 Å². The summed E-state index contributed by atoms with van der Waals surface area (Å²) in [5, 5.41) is 0. The lowest BCUT2D eigenvalue weighted by molar-refractivity contribution is 0.00578. The smallest absolute Gasteiger partial charge is 0.398 e. The van der Waals surface area contributed by atoms with E-state index < -0.39 is 0 Å². The van der Waals surface area contributed by atoms with Crippen molar-refractivity contribution in [1.82, 2.24) is 4.98 Å². The van der Waals surface area contributed by atoms with Crippen molar-refractivity contribution in [1.29, 1.82) is 0 Å². The van der Waals surface area contributed by atoms with Gasteiger partial charge >= 0.3 is 7.12 Å². The molecule has 2 heterocycles. The van der Waals surface area contributed by atoms with Crippen LogP contribution < -0.4 is 5.59 Å². The van der Waals surface area contributed by atoms with Crippen LogP contribution in [0.15, 0.2) is 12.1 Å². The number of aromatic nitrogens is 1. The Morgan fingerprint density at radius 3 is 2.39 bits per heavy atom. The van der Waals surface area contributed by atoms with Crippen LogP contribution in [-0.4, -0.2) is 23.3 Å². The summed E-state index contributed by atoms with van der Waals surface area (Å²) in [6, 6.07) is 4.22. The summed E-state index contributed by atoms with van der Waals surface area (Å²) in [5.74, 6) is 0. The van der Waals surface area contributed by atoms with E-state index in [-0.39, 0.29) is 18.3 Å². The van der Waals surface area contributed by atoms with E-state index in [0.717, 1.165) is 18.4 Å². The summed E-state index contributed by atoms with van der Waals surface area (Å²) >= 11 is 0. The molecule has 1 fully saturated rings. The van der Waals surface area contributed by atoms with E-state index in [0.29, 0.717) is 0 Å². The van der Waals surface area contributed by atoms with Crippen molar-refractivity contribution in [2.24, 2.45) is 0 Å². The second-order valence-corrected chi connectivity index (χ2v) is 6.28. The Balaban J connectivity index is 1.89. The number of hydrogen-bond acceptors (Lipinski definition) is 3. The molecule has 1 aromatic heterocycles. The second-order valence-electron chi connectivity index (χ2n) is 6.28. The second kappa shape index (κ2) is 3.81. The summed E-state index contributed by atoms with van der Waals surface area (Å²) in [6.07, 6.45) is 3.46. The van der Waals surface area contributed by atoms with Crippen molar-refractivity contribution in [2.75, 3.05) is 0 Å². The van der Waals surface area contributed by atoms with Crippen LogP contribution >= 0.6 is 0 Å². The molecule has 3 nitrogen and oxygen atoms in total. The molecule has 1 aliphatic carbocycles. The van der Waals surface area contributed by atoms with Crippen LogP contribution in [0.5, 0.6) is 0 Å². The topological polar surface area (TPSA) is 31.4 Å². The summed E-state index contributed by atoms with van der Waals surface area (Å²) in [6.45, 7) is 8.28. The zero-order chi connectivity index (χ0) is 13.0. The standard InChI is InChI=1S/C14H20BNO2/c1-13(2)14(3,4)18-15(17-13)12-9-8-10-6-5-7-11(10)16-12/h8-9H,5-7H2,1-4H3. The van der Waals surface area contributed by atoms with Gasteiger partial charge in [-0.15, -0.1) is 0 Å². The lowest BCUT2D eigenvalue weighted by Gasteiger charge is -2.32. The van der Waals surface area contributed by atoms with Crippen LogP contribution in [0.3, 0.4) is 0 Å². The van der Waals surface area contributed by atoms with E-state index in [1.54, 1.807) is 0 Å². The van der Waals surface area contributed by atoms with Crippen molar-refractivity contribution in [3.8, 4) is 0 Å². The van der Waals surface area contributed by atoms with Gasteiger partial charge in [0.15, 0.2) is 0 Å². The maximum absolute atomic E-state index is 6.03. The van der Waals surface area contributed by atoms with Gasteiger partial charge in [-0.1, -0.05) is 6.07 Å². The zero-order valence-corrected chi connectivity index (χ0v) is 11.6.